The van der Waals surface area contributed by atoms with Gasteiger partial charge in [0, 0.05) is 43.8 Å². The molecule has 12 heteroatoms. The molecule has 0 saturated heterocycles. The van der Waals surface area contributed by atoms with Crippen molar-refractivity contribution in [3.05, 3.63) is 196 Å². The van der Waals surface area contributed by atoms with Gasteiger partial charge in [0.25, 0.3) is 0 Å². The van der Waals surface area contributed by atoms with E-state index in [1.54, 1.807) is 0 Å². The molecule has 83 heavy (non-hydrogen) atoms. The summed E-state index contributed by atoms with van der Waals surface area (Å²) in [4.78, 5) is 39.4. The highest BCUT2D eigenvalue weighted by Gasteiger charge is 2.26. The molecule has 13 rings (SSSR count). The number of benzene rings is 8. The molecule has 0 radical (unpaired) electrons. The number of aryl methyl sites for hydroxylation is 4. The molecule has 1 atom stereocenters. The summed E-state index contributed by atoms with van der Waals surface area (Å²) in [6, 6.07) is 51.3. The summed E-state index contributed by atoms with van der Waals surface area (Å²) in [6.07, 6.45) is -0.231. The number of ether oxygens (including phenoxy) is 4. The first-order valence-corrected chi connectivity index (χ1v) is 28.5. The maximum atomic E-state index is 6.75. The summed E-state index contributed by atoms with van der Waals surface area (Å²) in [6.45, 7) is 23.5. The van der Waals surface area contributed by atoms with Gasteiger partial charge in [-0.2, -0.15) is 0 Å². The van der Waals surface area contributed by atoms with Crippen LogP contribution in [0.5, 0.6) is 40.2 Å². The normalized spacial score (nSPS) is 12.3. The van der Waals surface area contributed by atoms with Gasteiger partial charge in [-0.15, -0.1) is 0 Å². The van der Waals surface area contributed by atoms with Crippen LogP contribution in [0.4, 0.5) is 0 Å². The van der Waals surface area contributed by atoms with E-state index in [-0.39, 0.29) is 23.9 Å². The van der Waals surface area contributed by atoms with Crippen LogP contribution in [0.2, 0.25) is 0 Å². The molecule has 0 amide bonds. The molecule has 1 unspecified atom stereocenters. The lowest BCUT2D eigenvalue weighted by Crippen LogP contribution is -2.03. The Morgan fingerprint density at radius 2 is 0.699 bits per heavy atom. The third kappa shape index (κ3) is 10.2. The molecule has 3 aromatic heterocycles. The second-order valence-electron chi connectivity index (χ2n) is 23.0. The zero-order valence-electron chi connectivity index (χ0n) is 48.6. The largest absolute Gasteiger partial charge is 0.486 e. The van der Waals surface area contributed by atoms with Crippen LogP contribution < -0.4 is 18.9 Å². The second kappa shape index (κ2) is 21.0. The van der Waals surface area contributed by atoms with E-state index in [9.17, 15) is 0 Å². The van der Waals surface area contributed by atoms with Crippen LogP contribution in [0.15, 0.2) is 152 Å². The third-order valence-corrected chi connectivity index (χ3v) is 15.6. The van der Waals surface area contributed by atoms with Gasteiger partial charge < -0.3 is 28.9 Å². The molecule has 2 N–H and O–H groups in total. The van der Waals surface area contributed by atoms with Crippen molar-refractivity contribution < 1.29 is 18.9 Å². The highest BCUT2D eigenvalue weighted by Crippen LogP contribution is 2.43. The number of hydrogen-bond donors (Lipinski definition) is 2. The van der Waals surface area contributed by atoms with E-state index in [1.165, 1.54) is 16.7 Å². The van der Waals surface area contributed by atoms with E-state index in [1.807, 2.05) is 91.0 Å². The van der Waals surface area contributed by atoms with Crippen LogP contribution in [-0.4, -0.2) is 39.9 Å². The molecule has 8 aromatic carbocycles. The Labute approximate surface area is 482 Å². The molecular weight excluding hydrogens is 1030 g/mol. The van der Waals surface area contributed by atoms with Crippen molar-refractivity contribution in [3.8, 4) is 85.8 Å². The van der Waals surface area contributed by atoms with Crippen LogP contribution >= 0.6 is 0 Å². The average Bonchev–Trinajstić information content (AvgIpc) is 4.42. The van der Waals surface area contributed by atoms with Crippen LogP contribution in [-0.2, 0) is 0 Å². The van der Waals surface area contributed by atoms with Gasteiger partial charge >= 0.3 is 0 Å². The summed E-state index contributed by atoms with van der Waals surface area (Å²) in [5, 5.41) is 3.17. The minimum atomic E-state index is -0.231. The Bertz CT molecular complexity index is 4530. The van der Waals surface area contributed by atoms with Gasteiger partial charge in [-0.05, 0) is 166 Å². The highest BCUT2D eigenvalue weighted by atomic mass is 16.5. The smallest absolute Gasteiger partial charge is 0.164 e. The quantitative estimate of drug-likeness (QED) is 0.121. The van der Waals surface area contributed by atoms with E-state index in [0.717, 1.165) is 88.9 Å². The molecule has 0 saturated carbocycles. The number of nitrogens with one attached hydrogen (secondary N) is 2. The molecule has 0 aliphatic carbocycles. The standard InChI is InChI=1S/C71H64N8O4/c1-37(2)54-30-41(8)15-26-61(54)81-47-19-23-51-58(34-47)70-75-65(51)73-68-57-33-46(80-44(11)45-14-12-13-40(7)29-45)18-22-50(57)64(72-68)74-69-59-35-48(82-62-27-16-42(9)31-55(62)38(3)4)20-24-52(59)66(76-69)78-71-60-36-49(21-25-53(60)67(77-70)79-71)83-63-28-17-43(10)32-56(63)39(5)6/h12-39,44H,1-11H3,(H2,72,73,74,75,76,77,78,79). The Hall–Kier alpha value is -9.68. The molecule has 5 heterocycles. The fourth-order valence-corrected chi connectivity index (χ4v) is 11.2. The maximum absolute atomic E-state index is 6.75. The van der Waals surface area contributed by atoms with Gasteiger partial charge in [0.2, 0.25) is 0 Å². The van der Waals surface area contributed by atoms with Gasteiger partial charge in [0.1, 0.15) is 68.9 Å². The number of fused-ring (bicyclic) bond motifs is 20. The molecular formula is C71H64N8O4. The lowest BCUT2D eigenvalue weighted by molar-refractivity contribution is 0.227. The SMILES string of the molecule is Cc1cccc(C(C)Oc2ccc3c(c2)-c2nc-3nc3[nH]c(nc4nc(nc5[nH]c(n2)c2ccc(Oc6ccc(C)cc6C(C)C)cc52)-c2ccc(Oc5ccc(C)cc5C(C)C)cc2-4)c2ccc(Oc4ccc(C)cc4C(C)C)cc32)c1. The predicted molar refractivity (Wildman–Crippen MR) is 332 cm³/mol. The molecule has 0 spiro atoms. The van der Waals surface area contributed by atoms with Gasteiger partial charge in [0.15, 0.2) is 23.3 Å². The first-order chi connectivity index (χ1) is 40.0. The first kappa shape index (κ1) is 52.7. The lowest BCUT2D eigenvalue weighted by Gasteiger charge is -2.16. The summed E-state index contributed by atoms with van der Waals surface area (Å²) in [5.41, 5.74) is 14.3. The summed E-state index contributed by atoms with van der Waals surface area (Å²) in [5.74, 6) is 7.52. The van der Waals surface area contributed by atoms with Crippen molar-refractivity contribution in [1.29, 1.82) is 0 Å². The van der Waals surface area contributed by atoms with Crippen LogP contribution in [0, 0.1) is 27.7 Å². The molecule has 0 fully saturated rings. The minimum absolute atomic E-state index is 0.231. The van der Waals surface area contributed by atoms with Gasteiger partial charge in [-0.25, -0.2) is 29.9 Å². The van der Waals surface area contributed by atoms with Crippen molar-refractivity contribution in [2.24, 2.45) is 0 Å². The maximum Gasteiger partial charge on any atom is 0.164 e. The number of rotatable bonds is 12. The number of aromatic nitrogens is 8. The van der Waals surface area contributed by atoms with E-state index >= 15 is 0 Å². The van der Waals surface area contributed by atoms with E-state index < -0.39 is 0 Å². The fourth-order valence-electron chi connectivity index (χ4n) is 11.2. The summed E-state index contributed by atoms with van der Waals surface area (Å²) in [7, 11) is 0. The number of aromatic amines is 2. The highest BCUT2D eigenvalue weighted by molar-refractivity contribution is 6.07. The molecule has 11 aromatic rings. The predicted octanol–water partition coefficient (Wildman–Crippen LogP) is 19.0. The molecule has 8 bridgehead atoms. The van der Waals surface area contributed by atoms with Crippen LogP contribution in [0.1, 0.15) is 117 Å². The zero-order valence-corrected chi connectivity index (χ0v) is 48.6. The number of H-pyrrole nitrogens is 2. The number of nitrogens with zero attached hydrogens (tertiary/aromatic N) is 6. The number of hydrogen-bond acceptors (Lipinski definition) is 10. The Balaban J connectivity index is 1.06. The van der Waals surface area contributed by atoms with Gasteiger partial charge in [-0.1, -0.05) is 124 Å². The fraction of sp³-hybridized carbons (Fsp3) is 0.211. The van der Waals surface area contributed by atoms with Crippen molar-refractivity contribution in [2.75, 3.05) is 0 Å². The molecule has 12 nitrogen and oxygen atoms in total. The minimum Gasteiger partial charge on any atom is -0.486 e. The summed E-state index contributed by atoms with van der Waals surface area (Å²) < 4.78 is 26.9. The van der Waals surface area contributed by atoms with Gasteiger partial charge in [-0.3, -0.25) is 0 Å². The van der Waals surface area contributed by atoms with Crippen molar-refractivity contribution in [3.63, 3.8) is 0 Å². The van der Waals surface area contributed by atoms with Crippen LogP contribution in [0.3, 0.4) is 0 Å². The van der Waals surface area contributed by atoms with Crippen molar-refractivity contribution in [2.45, 2.75) is 100 Å². The summed E-state index contributed by atoms with van der Waals surface area (Å²) >= 11 is 0. The monoisotopic (exact) mass is 1090 g/mol. The molecule has 2 aliphatic rings. The van der Waals surface area contributed by atoms with Crippen LogP contribution in [0.25, 0.3) is 89.7 Å². The van der Waals surface area contributed by atoms with Crippen molar-refractivity contribution >= 4 is 44.1 Å². The molecule has 2 aliphatic heterocycles. The zero-order chi connectivity index (χ0) is 57.4. The van der Waals surface area contributed by atoms with E-state index in [0.29, 0.717) is 68.9 Å². The average molecular weight is 1090 g/mol. The first-order valence-electron chi connectivity index (χ1n) is 28.5. The Morgan fingerprint density at radius 1 is 0.325 bits per heavy atom. The topological polar surface area (TPSA) is 146 Å². The van der Waals surface area contributed by atoms with E-state index in [2.05, 4.69) is 147 Å². The Kier molecular flexibility index (Phi) is 13.3. The van der Waals surface area contributed by atoms with Crippen molar-refractivity contribution in [1.82, 2.24) is 39.9 Å². The van der Waals surface area contributed by atoms with E-state index in [4.69, 9.17) is 48.9 Å². The molecule has 412 valence electrons. The third-order valence-electron chi connectivity index (χ3n) is 15.6. The van der Waals surface area contributed by atoms with Gasteiger partial charge in [0.05, 0.1) is 0 Å². The Morgan fingerprint density at radius 3 is 1.13 bits per heavy atom. The lowest BCUT2D eigenvalue weighted by atomic mass is 10.00. The second-order valence-corrected chi connectivity index (χ2v) is 23.0.